The van der Waals surface area contributed by atoms with E-state index < -0.39 is 10.8 Å². The van der Waals surface area contributed by atoms with Gasteiger partial charge in [0.2, 0.25) is 5.91 Å². The number of anilines is 1. The molecule has 0 fully saturated rings. The molecule has 1 heterocycles. The molecule has 2 aromatic carbocycles. The van der Waals surface area contributed by atoms with Crippen molar-refractivity contribution in [2.24, 2.45) is 0 Å². The lowest BCUT2D eigenvalue weighted by Crippen LogP contribution is -2.32. The minimum atomic E-state index is -0.568. The summed E-state index contributed by atoms with van der Waals surface area (Å²) in [6.07, 6.45) is 2.70. The minimum absolute atomic E-state index is 0.0292. The number of non-ortho nitro benzene ring substituents is 1. The van der Waals surface area contributed by atoms with Crippen LogP contribution in [0.4, 0.5) is 11.4 Å². The highest BCUT2D eigenvalue weighted by Crippen LogP contribution is 2.31. The molecule has 0 aliphatic carbocycles. The molecule has 0 unspecified atom stereocenters. The van der Waals surface area contributed by atoms with Gasteiger partial charge in [-0.05, 0) is 54.7 Å². The van der Waals surface area contributed by atoms with Crippen molar-refractivity contribution in [2.45, 2.75) is 0 Å². The summed E-state index contributed by atoms with van der Waals surface area (Å²) in [5.74, 6) is 0.429. The molecule has 0 radical (unpaired) electrons. The third kappa shape index (κ3) is 6.05. The summed E-state index contributed by atoms with van der Waals surface area (Å²) in [5.41, 5.74) is 0.823. The Kier molecular flexibility index (Phi) is 7.29. The lowest BCUT2D eigenvalue weighted by atomic mass is 10.2. The van der Waals surface area contributed by atoms with Crippen LogP contribution in [0.3, 0.4) is 0 Å². The molecule has 0 aliphatic rings. The van der Waals surface area contributed by atoms with Gasteiger partial charge >= 0.3 is 0 Å². The van der Waals surface area contributed by atoms with Crippen molar-refractivity contribution in [3.8, 4) is 11.3 Å². The fraction of sp³-hybridized carbons (Fsp3) is 0. The third-order valence-electron chi connectivity index (χ3n) is 3.87. The average Bonchev–Trinajstić information content (AvgIpc) is 3.16. The number of furan rings is 1. The number of benzene rings is 2. The molecule has 2 N–H and O–H groups in total. The molecule has 1 amide bonds. The Balaban J connectivity index is 1.60. The van der Waals surface area contributed by atoms with Crippen molar-refractivity contribution in [1.29, 1.82) is 0 Å². The first kappa shape index (κ1) is 22.8. The predicted molar refractivity (Wildman–Crippen MR) is 126 cm³/mol. The molecule has 1 aromatic heterocycles. The maximum absolute atomic E-state index is 12.1. The van der Waals surface area contributed by atoms with Crippen molar-refractivity contribution in [3.63, 3.8) is 0 Å². The van der Waals surface area contributed by atoms with Crippen molar-refractivity contribution in [2.75, 3.05) is 5.32 Å². The number of hydrogen-bond acceptors (Lipinski definition) is 5. The Morgan fingerprint density at radius 3 is 2.52 bits per heavy atom. The third-order valence-corrected chi connectivity index (χ3v) is 4.94. The molecule has 0 bridgehead atoms. The molecule has 3 rings (SSSR count). The molecule has 3 aromatic rings. The second-order valence-electron chi connectivity index (χ2n) is 6.02. The summed E-state index contributed by atoms with van der Waals surface area (Å²) in [7, 11) is 0. The fourth-order valence-corrected chi connectivity index (χ4v) is 3.39. The van der Waals surface area contributed by atoms with E-state index in [0.717, 1.165) is 0 Å². The topological polar surface area (TPSA) is 97.4 Å². The zero-order valence-electron chi connectivity index (χ0n) is 15.4. The van der Waals surface area contributed by atoms with Crippen LogP contribution in [0, 0.1) is 10.1 Å². The van der Waals surface area contributed by atoms with Crippen LogP contribution in [-0.4, -0.2) is 15.9 Å². The Hall–Kier alpha value is -2.91. The van der Waals surface area contributed by atoms with Gasteiger partial charge in [-0.25, -0.2) is 0 Å². The smallest absolute Gasteiger partial charge is 0.271 e. The van der Waals surface area contributed by atoms with Crippen LogP contribution in [-0.2, 0) is 4.79 Å². The number of hydrogen-bond donors (Lipinski definition) is 2. The number of carbonyl (C=O) groups excluding carboxylic acids is 1. The molecule has 11 heteroatoms. The number of amides is 1. The maximum Gasteiger partial charge on any atom is 0.271 e. The van der Waals surface area contributed by atoms with E-state index in [1.165, 1.54) is 30.4 Å². The van der Waals surface area contributed by atoms with Crippen LogP contribution in [0.1, 0.15) is 5.76 Å². The van der Waals surface area contributed by atoms with Gasteiger partial charge in [0.05, 0.1) is 20.7 Å². The van der Waals surface area contributed by atoms with E-state index in [1.807, 2.05) is 0 Å². The van der Waals surface area contributed by atoms with Gasteiger partial charge in [0, 0.05) is 28.8 Å². The number of carbonyl (C=O) groups is 1. The molecular weight excluding hydrogens is 485 g/mol. The van der Waals surface area contributed by atoms with E-state index in [9.17, 15) is 14.9 Å². The monoisotopic (exact) mass is 495 g/mol. The lowest BCUT2D eigenvalue weighted by molar-refractivity contribution is -0.384. The molecule has 0 saturated carbocycles. The van der Waals surface area contributed by atoms with Gasteiger partial charge in [-0.3, -0.25) is 20.2 Å². The van der Waals surface area contributed by atoms with Crippen molar-refractivity contribution >= 4 is 75.5 Å². The van der Waals surface area contributed by atoms with Gasteiger partial charge in [-0.2, -0.15) is 0 Å². The zero-order valence-corrected chi connectivity index (χ0v) is 18.5. The summed E-state index contributed by atoms with van der Waals surface area (Å²) < 4.78 is 5.67. The Morgan fingerprint density at radius 2 is 1.84 bits per heavy atom. The second kappa shape index (κ2) is 9.93. The predicted octanol–water partition coefficient (Wildman–Crippen LogP) is 6.34. The normalized spacial score (nSPS) is 10.8. The van der Waals surface area contributed by atoms with Gasteiger partial charge in [0.25, 0.3) is 5.69 Å². The molecule has 7 nitrogen and oxygen atoms in total. The summed E-state index contributed by atoms with van der Waals surface area (Å²) >= 11 is 23.1. The highest BCUT2D eigenvalue weighted by molar-refractivity contribution is 7.80. The quantitative estimate of drug-likeness (QED) is 0.185. The number of nitro benzene ring substituents is 1. The van der Waals surface area contributed by atoms with Crippen LogP contribution in [0.5, 0.6) is 0 Å². The molecule has 158 valence electrons. The van der Waals surface area contributed by atoms with E-state index in [-0.39, 0.29) is 15.8 Å². The minimum Gasteiger partial charge on any atom is -0.457 e. The molecule has 0 saturated heterocycles. The summed E-state index contributed by atoms with van der Waals surface area (Å²) in [6.45, 7) is 0. The average molecular weight is 497 g/mol. The summed E-state index contributed by atoms with van der Waals surface area (Å²) in [6, 6.07) is 12.3. The number of nitrogens with one attached hydrogen (secondary N) is 2. The second-order valence-corrected chi connectivity index (χ2v) is 7.68. The molecule has 31 heavy (non-hydrogen) atoms. The molecular formula is C20H12Cl3N3O4S. The molecule has 0 atom stereocenters. The van der Waals surface area contributed by atoms with Crippen LogP contribution in [0.15, 0.2) is 59.0 Å². The summed E-state index contributed by atoms with van der Waals surface area (Å²) in [4.78, 5) is 22.3. The van der Waals surface area contributed by atoms with E-state index >= 15 is 0 Å². The molecule has 0 aliphatic heterocycles. The highest BCUT2D eigenvalue weighted by Gasteiger charge is 2.11. The SMILES string of the molecule is O=C(/C=C/c1ccc(-c2ccc(Cl)cc2Cl)o1)NC(=S)Nc1ccc([N+](=O)[O-])cc1Cl. The first-order chi connectivity index (χ1) is 14.7. The Bertz CT molecular complexity index is 1210. The number of nitro groups is 1. The first-order valence-corrected chi connectivity index (χ1v) is 10.1. The lowest BCUT2D eigenvalue weighted by Gasteiger charge is -2.09. The van der Waals surface area contributed by atoms with E-state index in [1.54, 1.807) is 30.3 Å². The molecule has 0 spiro atoms. The summed E-state index contributed by atoms with van der Waals surface area (Å²) in [5, 5.41) is 16.9. The van der Waals surface area contributed by atoms with Crippen LogP contribution in [0.25, 0.3) is 17.4 Å². The zero-order chi connectivity index (χ0) is 22.5. The Labute approximate surface area is 196 Å². The van der Waals surface area contributed by atoms with Crippen molar-refractivity contribution in [1.82, 2.24) is 5.32 Å². The van der Waals surface area contributed by atoms with Crippen molar-refractivity contribution in [3.05, 3.63) is 85.5 Å². The van der Waals surface area contributed by atoms with E-state index in [4.69, 9.17) is 51.4 Å². The van der Waals surface area contributed by atoms with Gasteiger partial charge in [0.15, 0.2) is 5.11 Å². The standard InChI is InChI=1S/C20H12Cl3N3O4S/c21-11-1-5-14(15(22)9-11)18-7-3-13(30-18)4-8-19(27)25-20(31)24-17-6-2-12(26(28)29)10-16(17)23/h1-10H,(H2,24,25,27,31)/b8-4+. The highest BCUT2D eigenvalue weighted by atomic mass is 35.5. The number of thiocarbonyl (C=S) groups is 1. The van der Waals surface area contributed by atoms with E-state index in [2.05, 4.69) is 10.6 Å². The van der Waals surface area contributed by atoms with Crippen LogP contribution >= 0.6 is 47.0 Å². The van der Waals surface area contributed by atoms with Crippen molar-refractivity contribution < 1.29 is 14.1 Å². The van der Waals surface area contributed by atoms with E-state index in [0.29, 0.717) is 32.8 Å². The van der Waals surface area contributed by atoms with Gasteiger partial charge in [-0.15, -0.1) is 0 Å². The number of nitrogens with zero attached hydrogens (tertiary/aromatic N) is 1. The Morgan fingerprint density at radius 1 is 1.06 bits per heavy atom. The first-order valence-electron chi connectivity index (χ1n) is 8.52. The van der Waals surface area contributed by atoms with Gasteiger partial charge in [0.1, 0.15) is 11.5 Å². The van der Waals surface area contributed by atoms with Crippen LogP contribution in [0.2, 0.25) is 15.1 Å². The largest absolute Gasteiger partial charge is 0.457 e. The maximum atomic E-state index is 12.1. The van der Waals surface area contributed by atoms with Crippen LogP contribution < -0.4 is 10.6 Å². The fourth-order valence-electron chi connectivity index (χ4n) is 2.46. The number of halogens is 3. The van der Waals surface area contributed by atoms with Gasteiger partial charge in [-0.1, -0.05) is 34.8 Å². The van der Waals surface area contributed by atoms with Gasteiger partial charge < -0.3 is 9.73 Å². The number of rotatable bonds is 5.